The van der Waals surface area contributed by atoms with Gasteiger partial charge in [-0.3, -0.25) is 4.79 Å². The summed E-state index contributed by atoms with van der Waals surface area (Å²) in [4.78, 5) is 19.2. The molecule has 2 atom stereocenters. The van der Waals surface area contributed by atoms with Gasteiger partial charge in [0.15, 0.2) is 0 Å². The predicted molar refractivity (Wildman–Crippen MR) is 96.9 cm³/mol. The van der Waals surface area contributed by atoms with Gasteiger partial charge in [0.05, 0.1) is 18.8 Å². The molecule has 1 amide bonds. The van der Waals surface area contributed by atoms with Gasteiger partial charge in [0, 0.05) is 25.8 Å². The molecule has 5 nitrogen and oxygen atoms in total. The van der Waals surface area contributed by atoms with Gasteiger partial charge in [0.2, 0.25) is 0 Å². The summed E-state index contributed by atoms with van der Waals surface area (Å²) in [6.07, 6.45) is 2.89. The van der Waals surface area contributed by atoms with Crippen molar-refractivity contribution in [2.45, 2.75) is 12.3 Å². The van der Waals surface area contributed by atoms with Crippen LogP contribution in [0.25, 0.3) is 0 Å². The predicted octanol–water partition coefficient (Wildman–Crippen LogP) is 2.45. The lowest BCUT2D eigenvalue weighted by atomic mass is 10.1. The number of aromatic nitrogens is 1. The molecule has 2 fully saturated rings. The largest absolute Gasteiger partial charge is 0.378 e. The van der Waals surface area contributed by atoms with Crippen molar-refractivity contribution in [2.75, 3.05) is 37.7 Å². The van der Waals surface area contributed by atoms with Gasteiger partial charge in [0.25, 0.3) is 5.91 Å². The van der Waals surface area contributed by atoms with E-state index in [0.29, 0.717) is 30.6 Å². The highest BCUT2D eigenvalue weighted by Gasteiger charge is 2.38. The Labute approximate surface area is 148 Å². The molecule has 1 aliphatic carbocycles. The van der Waals surface area contributed by atoms with Gasteiger partial charge in [-0.15, -0.1) is 0 Å². The number of anilines is 1. The summed E-state index contributed by atoms with van der Waals surface area (Å²) in [5.74, 6) is 1.84. The first-order valence-corrected chi connectivity index (χ1v) is 8.94. The quantitative estimate of drug-likeness (QED) is 0.911. The molecule has 1 saturated heterocycles. The van der Waals surface area contributed by atoms with Crippen LogP contribution in [0.5, 0.6) is 0 Å². The monoisotopic (exact) mass is 337 g/mol. The third-order valence-corrected chi connectivity index (χ3v) is 5.02. The van der Waals surface area contributed by atoms with Crippen LogP contribution in [0.15, 0.2) is 48.7 Å². The van der Waals surface area contributed by atoms with Gasteiger partial charge in [-0.25, -0.2) is 4.98 Å². The summed E-state index contributed by atoms with van der Waals surface area (Å²) >= 11 is 0. The van der Waals surface area contributed by atoms with Gasteiger partial charge in [-0.1, -0.05) is 30.3 Å². The summed E-state index contributed by atoms with van der Waals surface area (Å²) in [5, 5.41) is 3.10. The molecule has 1 N–H and O–H groups in total. The number of hydrogen-bond donors (Lipinski definition) is 1. The minimum atomic E-state index is -0.0340. The first-order chi connectivity index (χ1) is 12.3. The Hall–Kier alpha value is -2.40. The number of amides is 1. The standard InChI is InChI=1S/C20H23N3O2/c24-20(22-14-16-13-18(16)15-5-2-1-3-6-15)17-7-4-8-21-19(17)23-9-11-25-12-10-23/h1-8,16,18H,9-14H2,(H,22,24)/t16-,18-/m0/s1. The molecule has 2 aliphatic rings. The topological polar surface area (TPSA) is 54.5 Å². The van der Waals surface area contributed by atoms with Crippen LogP contribution in [0.4, 0.5) is 5.82 Å². The summed E-state index contributed by atoms with van der Waals surface area (Å²) < 4.78 is 5.39. The minimum Gasteiger partial charge on any atom is -0.378 e. The number of pyridine rings is 1. The van der Waals surface area contributed by atoms with Crippen molar-refractivity contribution in [2.24, 2.45) is 5.92 Å². The van der Waals surface area contributed by atoms with E-state index in [4.69, 9.17) is 4.74 Å². The van der Waals surface area contributed by atoms with Crippen molar-refractivity contribution in [1.29, 1.82) is 0 Å². The second-order valence-electron chi connectivity index (χ2n) is 6.70. The molecule has 1 saturated carbocycles. The normalized spacial score (nSPS) is 22.5. The molecule has 0 spiro atoms. The Morgan fingerprint density at radius 3 is 2.76 bits per heavy atom. The molecule has 1 aromatic carbocycles. The number of ether oxygens (including phenoxy) is 1. The number of rotatable bonds is 5. The zero-order valence-corrected chi connectivity index (χ0v) is 14.2. The highest BCUT2D eigenvalue weighted by Crippen LogP contribution is 2.46. The average Bonchev–Trinajstić information content (AvgIpc) is 3.47. The Morgan fingerprint density at radius 2 is 1.96 bits per heavy atom. The van der Waals surface area contributed by atoms with Crippen LogP contribution in [0.2, 0.25) is 0 Å². The maximum atomic E-state index is 12.7. The van der Waals surface area contributed by atoms with E-state index in [1.54, 1.807) is 6.20 Å². The van der Waals surface area contributed by atoms with E-state index in [2.05, 4.69) is 39.5 Å². The Morgan fingerprint density at radius 1 is 1.16 bits per heavy atom. The highest BCUT2D eigenvalue weighted by atomic mass is 16.5. The maximum Gasteiger partial charge on any atom is 0.255 e. The Kier molecular flexibility index (Phi) is 4.65. The summed E-state index contributed by atoms with van der Waals surface area (Å²) in [7, 11) is 0. The SMILES string of the molecule is O=C(NC[C@@H]1C[C@H]1c1ccccc1)c1cccnc1N1CCOCC1. The lowest BCUT2D eigenvalue weighted by Gasteiger charge is -2.29. The van der Waals surface area contributed by atoms with Crippen LogP contribution in [0.1, 0.15) is 28.3 Å². The van der Waals surface area contributed by atoms with Crippen LogP contribution >= 0.6 is 0 Å². The van der Waals surface area contributed by atoms with E-state index < -0.39 is 0 Å². The van der Waals surface area contributed by atoms with Gasteiger partial charge in [-0.05, 0) is 36.0 Å². The number of morpholine rings is 1. The number of nitrogens with zero attached hydrogens (tertiary/aromatic N) is 2. The number of benzene rings is 1. The van der Waals surface area contributed by atoms with E-state index in [-0.39, 0.29) is 5.91 Å². The van der Waals surface area contributed by atoms with Crippen molar-refractivity contribution in [1.82, 2.24) is 10.3 Å². The molecule has 1 aromatic heterocycles. The van der Waals surface area contributed by atoms with Crippen LogP contribution in [-0.2, 0) is 4.74 Å². The highest BCUT2D eigenvalue weighted by molar-refractivity contribution is 5.98. The molecule has 0 unspecified atom stereocenters. The van der Waals surface area contributed by atoms with E-state index >= 15 is 0 Å². The van der Waals surface area contributed by atoms with Crippen LogP contribution in [0.3, 0.4) is 0 Å². The molecule has 2 heterocycles. The summed E-state index contributed by atoms with van der Waals surface area (Å²) in [6.45, 7) is 3.62. The lowest BCUT2D eigenvalue weighted by molar-refractivity contribution is 0.0949. The molecular formula is C20H23N3O2. The zero-order chi connectivity index (χ0) is 17.1. The van der Waals surface area contributed by atoms with Gasteiger partial charge >= 0.3 is 0 Å². The first-order valence-electron chi connectivity index (χ1n) is 8.94. The summed E-state index contributed by atoms with van der Waals surface area (Å²) in [6, 6.07) is 14.2. The zero-order valence-electron chi connectivity index (χ0n) is 14.2. The molecular weight excluding hydrogens is 314 g/mol. The van der Waals surface area contributed by atoms with Crippen molar-refractivity contribution in [3.05, 3.63) is 59.8 Å². The number of hydrogen-bond acceptors (Lipinski definition) is 4. The van der Waals surface area contributed by atoms with Gasteiger partial charge < -0.3 is 15.0 Å². The first kappa shape index (κ1) is 16.1. The molecule has 0 bridgehead atoms. The number of carbonyl (C=O) groups excluding carboxylic acids is 1. The van der Waals surface area contributed by atoms with Crippen molar-refractivity contribution < 1.29 is 9.53 Å². The fraction of sp³-hybridized carbons (Fsp3) is 0.400. The van der Waals surface area contributed by atoms with Crippen molar-refractivity contribution >= 4 is 11.7 Å². The molecule has 2 aromatic rings. The third kappa shape index (κ3) is 3.66. The Balaban J connectivity index is 1.37. The molecule has 5 heteroatoms. The van der Waals surface area contributed by atoms with Crippen LogP contribution in [0, 0.1) is 5.92 Å². The molecule has 130 valence electrons. The van der Waals surface area contributed by atoms with E-state index in [9.17, 15) is 4.79 Å². The van der Waals surface area contributed by atoms with Crippen LogP contribution < -0.4 is 10.2 Å². The Bertz CT molecular complexity index is 729. The summed E-state index contributed by atoms with van der Waals surface area (Å²) in [5.41, 5.74) is 2.03. The minimum absolute atomic E-state index is 0.0340. The van der Waals surface area contributed by atoms with Gasteiger partial charge in [-0.2, -0.15) is 0 Å². The lowest BCUT2D eigenvalue weighted by Crippen LogP contribution is -2.38. The van der Waals surface area contributed by atoms with E-state index in [1.165, 1.54) is 5.56 Å². The molecule has 25 heavy (non-hydrogen) atoms. The molecule has 4 rings (SSSR count). The van der Waals surface area contributed by atoms with Crippen molar-refractivity contribution in [3.8, 4) is 0 Å². The number of nitrogens with one attached hydrogen (secondary N) is 1. The van der Waals surface area contributed by atoms with Crippen LogP contribution in [-0.4, -0.2) is 43.7 Å². The van der Waals surface area contributed by atoms with E-state index in [0.717, 1.165) is 31.9 Å². The fourth-order valence-electron chi connectivity index (χ4n) is 3.50. The smallest absolute Gasteiger partial charge is 0.255 e. The van der Waals surface area contributed by atoms with Gasteiger partial charge in [0.1, 0.15) is 5.82 Å². The second-order valence-corrected chi connectivity index (χ2v) is 6.70. The average molecular weight is 337 g/mol. The second kappa shape index (κ2) is 7.23. The maximum absolute atomic E-state index is 12.7. The molecule has 0 radical (unpaired) electrons. The third-order valence-electron chi connectivity index (χ3n) is 5.02. The fourth-order valence-corrected chi connectivity index (χ4v) is 3.50. The molecule has 1 aliphatic heterocycles. The van der Waals surface area contributed by atoms with E-state index in [1.807, 2.05) is 18.2 Å². The number of carbonyl (C=O) groups is 1. The van der Waals surface area contributed by atoms with Crippen molar-refractivity contribution in [3.63, 3.8) is 0 Å².